The van der Waals surface area contributed by atoms with Crippen molar-refractivity contribution in [1.29, 1.82) is 0 Å². The highest BCUT2D eigenvalue weighted by atomic mass is 16.3. The molecule has 1 saturated carbocycles. The Morgan fingerprint density at radius 3 is 2.50 bits per heavy atom. The molecule has 2 aliphatic rings. The Balaban J connectivity index is 1.79. The molecule has 30 heavy (non-hydrogen) atoms. The molecule has 4 rings (SSSR count). The number of phenolic OH excluding ortho intramolecular Hbond substituents is 1. The van der Waals surface area contributed by atoms with Crippen LogP contribution in [-0.4, -0.2) is 27.5 Å². The van der Waals surface area contributed by atoms with Crippen LogP contribution in [0.5, 0.6) is 5.75 Å². The maximum atomic E-state index is 13.3. The van der Waals surface area contributed by atoms with Crippen molar-refractivity contribution in [3.8, 4) is 5.75 Å². The first-order valence-corrected chi connectivity index (χ1v) is 10.2. The lowest BCUT2D eigenvalue weighted by molar-refractivity contribution is -0.123. The van der Waals surface area contributed by atoms with Gasteiger partial charge in [-0.3, -0.25) is 14.6 Å². The number of benzene rings is 1. The highest BCUT2D eigenvalue weighted by Gasteiger charge is 2.44. The van der Waals surface area contributed by atoms with Gasteiger partial charge in [-0.25, -0.2) is 4.98 Å². The summed E-state index contributed by atoms with van der Waals surface area (Å²) in [7, 11) is 0. The number of fused-ring (bicyclic) bond motifs is 1. The number of aliphatic imine (C=N–C) groups is 1. The standard InChI is InChI=1S/C24H25N3O3/c1-13-11-18-23(19(29)12-13)22(16-7-9-17(28)10-8-16)21(15(3)26-18)24(30)27-20-6-4-5-14(2)25-20/h4-10,13,22-23,28H,11-12H2,1-3H3,(H,25,27,30)/t13-,22-,23-/m0/s1. The Morgan fingerprint density at radius 1 is 1.07 bits per heavy atom. The Hall–Kier alpha value is -3.28. The number of aromatic hydroxyl groups is 1. The molecule has 0 unspecified atom stereocenters. The van der Waals surface area contributed by atoms with Gasteiger partial charge >= 0.3 is 0 Å². The highest BCUT2D eigenvalue weighted by Crippen LogP contribution is 2.44. The van der Waals surface area contributed by atoms with E-state index in [2.05, 4.69) is 17.2 Å². The molecule has 1 aromatic carbocycles. The SMILES string of the molecule is CC1=C(C(=O)Nc2cccc(C)n2)[C@H](c2ccc(O)cc2)[C@@H]2C(=O)C[C@@H](C)CC2=N1. The summed E-state index contributed by atoms with van der Waals surface area (Å²) in [6.45, 7) is 5.73. The van der Waals surface area contributed by atoms with Gasteiger partial charge in [-0.1, -0.05) is 25.1 Å². The third kappa shape index (κ3) is 3.77. The average molecular weight is 403 g/mol. The number of pyridine rings is 1. The number of amides is 1. The van der Waals surface area contributed by atoms with Crippen LogP contribution in [0.15, 0.2) is 58.7 Å². The Kier molecular flexibility index (Phi) is 5.24. The van der Waals surface area contributed by atoms with Crippen LogP contribution in [-0.2, 0) is 9.59 Å². The molecule has 1 aliphatic heterocycles. The summed E-state index contributed by atoms with van der Waals surface area (Å²) in [5.41, 5.74) is 3.55. The number of aromatic nitrogens is 1. The van der Waals surface area contributed by atoms with Crippen molar-refractivity contribution >= 4 is 23.2 Å². The van der Waals surface area contributed by atoms with Crippen molar-refractivity contribution in [2.75, 3.05) is 5.32 Å². The maximum absolute atomic E-state index is 13.3. The summed E-state index contributed by atoms with van der Waals surface area (Å²) in [6.07, 6.45) is 1.22. The number of carbonyl (C=O) groups excluding carboxylic acids is 2. The van der Waals surface area contributed by atoms with Crippen molar-refractivity contribution < 1.29 is 14.7 Å². The molecular weight excluding hydrogens is 378 g/mol. The zero-order valence-electron chi connectivity index (χ0n) is 17.3. The molecule has 1 aliphatic carbocycles. The molecule has 1 aromatic heterocycles. The van der Waals surface area contributed by atoms with Gasteiger partial charge in [-0.15, -0.1) is 0 Å². The van der Waals surface area contributed by atoms with Crippen molar-refractivity contribution in [2.45, 2.75) is 39.5 Å². The second-order valence-corrected chi connectivity index (χ2v) is 8.25. The van der Waals surface area contributed by atoms with Crippen molar-refractivity contribution in [1.82, 2.24) is 4.98 Å². The van der Waals surface area contributed by atoms with Gasteiger partial charge in [-0.05, 0) is 56.0 Å². The van der Waals surface area contributed by atoms with Gasteiger partial charge in [-0.2, -0.15) is 0 Å². The van der Waals surface area contributed by atoms with Gasteiger partial charge in [0.2, 0.25) is 0 Å². The average Bonchev–Trinajstić information content (AvgIpc) is 2.67. The van der Waals surface area contributed by atoms with E-state index in [4.69, 9.17) is 4.99 Å². The Labute approximate surface area is 175 Å². The zero-order valence-corrected chi connectivity index (χ0v) is 17.3. The Morgan fingerprint density at radius 2 is 1.80 bits per heavy atom. The summed E-state index contributed by atoms with van der Waals surface area (Å²) < 4.78 is 0. The molecule has 1 fully saturated rings. The number of anilines is 1. The fraction of sp³-hybridized carbons (Fsp3) is 0.333. The summed E-state index contributed by atoms with van der Waals surface area (Å²) in [6, 6.07) is 12.2. The zero-order chi connectivity index (χ0) is 21.4. The van der Waals surface area contributed by atoms with E-state index in [0.717, 1.165) is 23.4 Å². The van der Waals surface area contributed by atoms with Crippen LogP contribution in [0.3, 0.4) is 0 Å². The molecule has 2 aromatic rings. The second-order valence-electron chi connectivity index (χ2n) is 8.25. The molecule has 2 N–H and O–H groups in total. The van der Waals surface area contributed by atoms with Crippen LogP contribution in [0.1, 0.15) is 43.9 Å². The van der Waals surface area contributed by atoms with E-state index in [0.29, 0.717) is 23.5 Å². The highest BCUT2D eigenvalue weighted by molar-refractivity contribution is 6.14. The summed E-state index contributed by atoms with van der Waals surface area (Å²) in [5, 5.41) is 12.6. The normalized spacial score (nSPS) is 23.6. The molecule has 3 atom stereocenters. The number of Topliss-reactive ketones (excluding diaryl/α,β-unsaturated/α-hetero) is 1. The quantitative estimate of drug-likeness (QED) is 0.805. The van der Waals surface area contributed by atoms with E-state index >= 15 is 0 Å². The third-order valence-electron chi connectivity index (χ3n) is 5.79. The number of hydrogen-bond donors (Lipinski definition) is 2. The first-order chi connectivity index (χ1) is 14.3. The van der Waals surface area contributed by atoms with Crippen molar-refractivity contribution in [3.63, 3.8) is 0 Å². The predicted molar refractivity (Wildman–Crippen MR) is 115 cm³/mol. The van der Waals surface area contributed by atoms with Gasteiger partial charge in [0.1, 0.15) is 17.4 Å². The summed E-state index contributed by atoms with van der Waals surface area (Å²) in [5.74, 6) is -0.253. The van der Waals surface area contributed by atoms with Gasteiger partial charge in [0, 0.05) is 35.0 Å². The molecule has 0 spiro atoms. The van der Waals surface area contributed by atoms with Gasteiger partial charge in [0.15, 0.2) is 0 Å². The van der Waals surface area contributed by atoms with Crippen LogP contribution in [0.4, 0.5) is 5.82 Å². The topological polar surface area (TPSA) is 91.6 Å². The molecule has 0 bridgehead atoms. The number of nitrogens with one attached hydrogen (secondary N) is 1. The van der Waals surface area contributed by atoms with Crippen molar-refractivity contribution in [3.05, 3.63) is 65.0 Å². The van der Waals surface area contributed by atoms with Crippen LogP contribution < -0.4 is 5.32 Å². The number of allylic oxidation sites excluding steroid dienone is 1. The van der Waals surface area contributed by atoms with E-state index in [1.165, 1.54) is 0 Å². The number of nitrogens with zero attached hydrogens (tertiary/aromatic N) is 2. The van der Waals surface area contributed by atoms with E-state index in [9.17, 15) is 14.7 Å². The lowest BCUT2D eigenvalue weighted by atomic mass is 9.67. The fourth-order valence-electron chi connectivity index (χ4n) is 4.52. The first kappa shape index (κ1) is 20.0. The fourth-order valence-corrected chi connectivity index (χ4v) is 4.52. The molecule has 6 nitrogen and oxygen atoms in total. The van der Waals surface area contributed by atoms with Crippen molar-refractivity contribution in [2.24, 2.45) is 16.8 Å². The number of carbonyl (C=O) groups is 2. The number of phenols is 1. The van der Waals surface area contributed by atoms with Crippen LogP contribution >= 0.6 is 0 Å². The number of ketones is 1. The number of rotatable bonds is 3. The number of hydrogen-bond acceptors (Lipinski definition) is 5. The number of aryl methyl sites for hydroxylation is 1. The van der Waals surface area contributed by atoms with E-state index in [1.54, 1.807) is 30.3 Å². The molecule has 0 radical (unpaired) electrons. The minimum Gasteiger partial charge on any atom is -0.508 e. The molecular formula is C24H25N3O3. The lowest BCUT2D eigenvalue weighted by Crippen LogP contribution is -2.41. The van der Waals surface area contributed by atoms with Crippen LogP contribution in [0, 0.1) is 18.8 Å². The van der Waals surface area contributed by atoms with E-state index in [-0.39, 0.29) is 23.4 Å². The minimum absolute atomic E-state index is 0.108. The van der Waals surface area contributed by atoms with Crippen LogP contribution in [0.2, 0.25) is 0 Å². The monoisotopic (exact) mass is 403 g/mol. The summed E-state index contributed by atoms with van der Waals surface area (Å²) >= 11 is 0. The van der Waals surface area contributed by atoms with Gasteiger partial charge in [0.05, 0.1) is 5.92 Å². The molecule has 6 heteroatoms. The first-order valence-electron chi connectivity index (χ1n) is 10.2. The van der Waals surface area contributed by atoms with Gasteiger partial charge < -0.3 is 10.4 Å². The predicted octanol–water partition coefficient (Wildman–Crippen LogP) is 4.16. The molecule has 154 valence electrons. The second kappa shape index (κ2) is 7.86. The van der Waals surface area contributed by atoms with E-state index in [1.807, 2.05) is 26.0 Å². The maximum Gasteiger partial charge on any atom is 0.255 e. The molecule has 1 amide bonds. The largest absolute Gasteiger partial charge is 0.508 e. The molecule has 0 saturated heterocycles. The smallest absolute Gasteiger partial charge is 0.255 e. The summed E-state index contributed by atoms with van der Waals surface area (Å²) in [4.78, 5) is 35.5. The third-order valence-corrected chi connectivity index (χ3v) is 5.79. The Bertz CT molecular complexity index is 1070. The molecule has 2 heterocycles. The van der Waals surface area contributed by atoms with Crippen LogP contribution in [0.25, 0.3) is 0 Å². The lowest BCUT2D eigenvalue weighted by Gasteiger charge is -2.37. The van der Waals surface area contributed by atoms with Gasteiger partial charge in [0.25, 0.3) is 5.91 Å². The van der Waals surface area contributed by atoms with E-state index < -0.39 is 11.8 Å². The minimum atomic E-state index is -0.458.